The molecule has 3 atom stereocenters. The molecule has 0 radical (unpaired) electrons. The number of hydrogen-bond acceptors (Lipinski definition) is 5. The first-order valence-corrected chi connectivity index (χ1v) is 8.08. The summed E-state index contributed by atoms with van der Waals surface area (Å²) in [6.07, 6.45) is -0.796. The number of carboxylic acids is 1. The van der Waals surface area contributed by atoms with Crippen molar-refractivity contribution in [2.45, 2.75) is 18.4 Å². The molecule has 2 aliphatic rings. The smallest absolute Gasteiger partial charge is 0.353 e. The number of fused-ring (bicyclic) bond motifs is 1. The van der Waals surface area contributed by atoms with E-state index in [1.165, 1.54) is 28.0 Å². The summed E-state index contributed by atoms with van der Waals surface area (Å²) in [7, 11) is 0. The van der Waals surface area contributed by atoms with Crippen molar-refractivity contribution in [1.82, 2.24) is 4.90 Å². The zero-order chi connectivity index (χ0) is 15.3. The van der Waals surface area contributed by atoms with Gasteiger partial charge < -0.3 is 10.2 Å². The van der Waals surface area contributed by atoms with E-state index in [2.05, 4.69) is 6.58 Å². The van der Waals surface area contributed by atoms with Crippen LogP contribution in [0.2, 0.25) is 0 Å². The highest BCUT2D eigenvalue weighted by atomic mass is 32.2. The average molecular weight is 323 g/mol. The Bertz CT molecular complexity index is 663. The topological polar surface area (TPSA) is 77.8 Å². The number of rotatable bonds is 4. The van der Waals surface area contributed by atoms with Crippen LogP contribution in [0.3, 0.4) is 0 Å². The van der Waals surface area contributed by atoms with Crippen LogP contribution in [0.25, 0.3) is 5.57 Å². The Labute approximate surface area is 129 Å². The van der Waals surface area contributed by atoms with Gasteiger partial charge in [-0.15, -0.1) is 11.3 Å². The van der Waals surface area contributed by atoms with Gasteiger partial charge in [0.25, 0.3) is 0 Å². The van der Waals surface area contributed by atoms with Crippen LogP contribution in [-0.4, -0.2) is 38.5 Å². The van der Waals surface area contributed by atoms with Crippen LogP contribution in [0.5, 0.6) is 0 Å². The Morgan fingerprint density at radius 3 is 2.76 bits per heavy atom. The van der Waals surface area contributed by atoms with E-state index in [9.17, 15) is 19.8 Å². The molecule has 1 unspecified atom stereocenters. The highest BCUT2D eigenvalue weighted by molar-refractivity contribution is 8.04. The van der Waals surface area contributed by atoms with Crippen LogP contribution < -0.4 is 0 Å². The van der Waals surface area contributed by atoms with E-state index in [0.29, 0.717) is 10.5 Å². The third-order valence-electron chi connectivity index (χ3n) is 3.59. The molecule has 0 aliphatic carbocycles. The molecule has 110 valence electrons. The molecule has 1 amide bonds. The third-order valence-corrected chi connectivity index (χ3v) is 5.94. The predicted octanol–water partition coefficient (Wildman–Crippen LogP) is 1.97. The lowest BCUT2D eigenvalue weighted by Crippen LogP contribution is -2.60. The number of aliphatic carboxylic acids is 1. The summed E-state index contributed by atoms with van der Waals surface area (Å²) in [5.74, 6) is -2.04. The van der Waals surface area contributed by atoms with Gasteiger partial charge in [-0.05, 0) is 18.4 Å². The lowest BCUT2D eigenvalue weighted by atomic mass is 9.92. The van der Waals surface area contributed by atoms with Crippen LogP contribution >= 0.6 is 23.1 Å². The summed E-state index contributed by atoms with van der Waals surface area (Å²) >= 11 is 2.76. The Morgan fingerprint density at radius 1 is 1.52 bits per heavy atom. The highest BCUT2D eigenvalue weighted by Crippen LogP contribution is 2.53. The van der Waals surface area contributed by atoms with E-state index >= 15 is 0 Å². The molecule has 2 N–H and O–H groups in total. The van der Waals surface area contributed by atoms with Crippen LogP contribution in [0.4, 0.5) is 0 Å². The second kappa shape index (κ2) is 5.01. The molecule has 0 saturated carbocycles. The molecule has 1 fully saturated rings. The van der Waals surface area contributed by atoms with Gasteiger partial charge in [-0.25, -0.2) is 4.79 Å². The van der Waals surface area contributed by atoms with Gasteiger partial charge in [-0.2, -0.15) is 0 Å². The predicted molar refractivity (Wildman–Crippen MR) is 81.4 cm³/mol. The lowest BCUT2D eigenvalue weighted by Gasteiger charge is -2.43. The first-order chi connectivity index (χ1) is 9.93. The van der Waals surface area contributed by atoms with E-state index in [-0.39, 0.29) is 17.0 Å². The number of carbonyl (C=O) groups is 2. The van der Waals surface area contributed by atoms with Crippen molar-refractivity contribution in [3.63, 3.8) is 0 Å². The molecule has 1 aromatic heterocycles. The van der Waals surface area contributed by atoms with E-state index in [1.807, 2.05) is 17.5 Å². The number of nitrogens with zero attached hydrogens (tertiary/aromatic N) is 1. The molecule has 0 spiro atoms. The van der Waals surface area contributed by atoms with Crippen molar-refractivity contribution >= 4 is 40.5 Å². The number of thiophene rings is 1. The van der Waals surface area contributed by atoms with Crippen LogP contribution in [-0.2, 0) is 9.59 Å². The summed E-state index contributed by atoms with van der Waals surface area (Å²) in [5, 5.41) is 20.6. The second-order valence-electron chi connectivity index (χ2n) is 4.92. The van der Waals surface area contributed by atoms with Gasteiger partial charge in [0.05, 0.1) is 12.0 Å². The Hall–Kier alpha value is -1.57. The Kier molecular flexibility index (Phi) is 3.43. The van der Waals surface area contributed by atoms with Crippen LogP contribution in [0, 0.1) is 5.92 Å². The summed E-state index contributed by atoms with van der Waals surface area (Å²) in [6.45, 7) is 5.52. The zero-order valence-electron chi connectivity index (χ0n) is 11.1. The number of thioether (sulfide) groups is 1. The van der Waals surface area contributed by atoms with Crippen molar-refractivity contribution in [2.24, 2.45) is 5.92 Å². The average Bonchev–Trinajstić information content (AvgIpc) is 3.02. The van der Waals surface area contributed by atoms with Crippen molar-refractivity contribution in [2.75, 3.05) is 0 Å². The standard InChI is InChI=1S/C14H13NO4S2/c1-6(8-4-3-5-20-8)11-10(14(18)19)15-12(17)9(7(2)16)13(15)21-11/h3-5,7,9,13,16H,1H2,2H3,(H,18,19)/t7?,9-,13+/m0/s1. The zero-order valence-corrected chi connectivity index (χ0v) is 12.8. The van der Waals surface area contributed by atoms with Gasteiger partial charge in [-0.3, -0.25) is 9.69 Å². The molecule has 2 aliphatic heterocycles. The van der Waals surface area contributed by atoms with Gasteiger partial charge in [0.2, 0.25) is 5.91 Å². The summed E-state index contributed by atoms with van der Waals surface area (Å²) in [5.41, 5.74) is 0.587. The fourth-order valence-electron chi connectivity index (χ4n) is 2.56. The monoisotopic (exact) mass is 323 g/mol. The van der Waals surface area contributed by atoms with Crippen molar-refractivity contribution in [1.29, 1.82) is 0 Å². The number of carboxylic acid groups (broad SMARTS) is 1. The molecule has 1 aromatic rings. The molecule has 3 rings (SSSR count). The largest absolute Gasteiger partial charge is 0.477 e. The minimum atomic E-state index is -1.14. The number of carbonyl (C=O) groups excluding carboxylic acids is 1. The second-order valence-corrected chi connectivity index (χ2v) is 7.00. The van der Waals surface area contributed by atoms with Crippen molar-refractivity contribution < 1.29 is 19.8 Å². The molecule has 0 aromatic carbocycles. The summed E-state index contributed by atoms with van der Waals surface area (Å²) < 4.78 is 0. The molecule has 3 heterocycles. The number of aliphatic hydroxyl groups is 1. The maximum Gasteiger partial charge on any atom is 0.353 e. The number of allylic oxidation sites excluding steroid dienone is 1. The minimum Gasteiger partial charge on any atom is -0.477 e. The quantitative estimate of drug-likeness (QED) is 0.828. The SMILES string of the molecule is C=C(C1=C(C(=O)O)N2C(=O)[C@H](C(C)O)[C@H]2S1)c1cccs1. The molecule has 7 heteroatoms. The number of aliphatic hydroxyl groups excluding tert-OH is 1. The van der Waals surface area contributed by atoms with Gasteiger partial charge in [0.15, 0.2) is 0 Å². The van der Waals surface area contributed by atoms with E-state index in [1.54, 1.807) is 6.92 Å². The normalized spacial score (nSPS) is 25.6. The van der Waals surface area contributed by atoms with Gasteiger partial charge in [-0.1, -0.05) is 24.4 Å². The van der Waals surface area contributed by atoms with E-state index in [4.69, 9.17) is 0 Å². The fourth-order valence-corrected chi connectivity index (χ4v) is 4.92. The molecule has 1 saturated heterocycles. The van der Waals surface area contributed by atoms with Crippen molar-refractivity contribution in [3.05, 3.63) is 39.6 Å². The molecule has 0 bridgehead atoms. The molecule has 21 heavy (non-hydrogen) atoms. The minimum absolute atomic E-state index is 0.0229. The first-order valence-electron chi connectivity index (χ1n) is 6.32. The number of β-lactam (4-membered cyclic amide) rings is 1. The Balaban J connectivity index is 1.99. The van der Waals surface area contributed by atoms with Crippen LogP contribution in [0.1, 0.15) is 11.8 Å². The molecular formula is C14H13NO4S2. The third kappa shape index (κ3) is 2.04. The number of hydrogen-bond donors (Lipinski definition) is 2. The Morgan fingerprint density at radius 2 is 2.24 bits per heavy atom. The fraction of sp³-hybridized carbons (Fsp3) is 0.286. The first kappa shape index (κ1) is 14.4. The summed E-state index contributed by atoms with van der Waals surface area (Å²) in [4.78, 5) is 26.3. The van der Waals surface area contributed by atoms with Gasteiger partial charge in [0.1, 0.15) is 11.1 Å². The molecule has 5 nitrogen and oxygen atoms in total. The van der Waals surface area contributed by atoms with E-state index < -0.39 is 18.0 Å². The maximum absolute atomic E-state index is 12.1. The number of amides is 1. The maximum atomic E-state index is 12.1. The highest BCUT2D eigenvalue weighted by Gasteiger charge is 2.57. The molecular weight excluding hydrogens is 310 g/mol. The van der Waals surface area contributed by atoms with Crippen LogP contribution in [0.15, 0.2) is 34.7 Å². The van der Waals surface area contributed by atoms with Gasteiger partial charge in [0, 0.05) is 15.4 Å². The van der Waals surface area contributed by atoms with Gasteiger partial charge >= 0.3 is 5.97 Å². The van der Waals surface area contributed by atoms with Crippen molar-refractivity contribution in [3.8, 4) is 0 Å². The summed E-state index contributed by atoms with van der Waals surface area (Å²) in [6, 6.07) is 3.73. The van der Waals surface area contributed by atoms with E-state index in [0.717, 1.165) is 4.88 Å². The lowest BCUT2D eigenvalue weighted by molar-refractivity contribution is -0.156.